The third kappa shape index (κ3) is 6.56. The fraction of sp³-hybridized carbons (Fsp3) is 0.500. The Bertz CT molecular complexity index is 687. The minimum absolute atomic E-state index is 0. The minimum atomic E-state index is -0.349. The molecule has 2 aromatic heterocycles. The highest BCUT2D eigenvalue weighted by atomic mass is 127. The Kier molecular flexibility index (Phi) is 9.32. The molecule has 2 rings (SSSR count). The summed E-state index contributed by atoms with van der Waals surface area (Å²) < 4.78 is 15.6. The lowest BCUT2D eigenvalue weighted by molar-refractivity contribution is 0.599. The number of guanidine groups is 1. The molecule has 0 aromatic carbocycles. The number of nitrogens with zero attached hydrogens (tertiary/aromatic N) is 5. The Hall–Kier alpha value is -1.78. The van der Waals surface area contributed by atoms with Crippen molar-refractivity contribution in [1.82, 2.24) is 30.4 Å². The van der Waals surface area contributed by atoms with E-state index >= 15 is 0 Å². The highest BCUT2D eigenvalue weighted by Crippen LogP contribution is 2.04. The summed E-state index contributed by atoms with van der Waals surface area (Å²) in [6, 6.07) is 2.95. The van der Waals surface area contributed by atoms with Gasteiger partial charge in [0.2, 0.25) is 0 Å². The maximum Gasteiger partial charge on any atom is 0.192 e. The Morgan fingerprint density at radius 2 is 2.12 bits per heavy atom. The van der Waals surface area contributed by atoms with Crippen LogP contribution in [0.1, 0.15) is 37.1 Å². The Balaban J connectivity index is 0.00000312. The van der Waals surface area contributed by atoms with Crippen molar-refractivity contribution < 1.29 is 4.39 Å². The van der Waals surface area contributed by atoms with Crippen LogP contribution in [0.4, 0.5) is 4.39 Å². The van der Waals surface area contributed by atoms with Crippen molar-refractivity contribution in [3.63, 3.8) is 0 Å². The van der Waals surface area contributed by atoms with Crippen molar-refractivity contribution in [3.05, 3.63) is 41.5 Å². The highest BCUT2D eigenvalue weighted by molar-refractivity contribution is 14.0. The van der Waals surface area contributed by atoms with Crippen LogP contribution in [0.25, 0.3) is 0 Å². The number of hydrogen-bond donors (Lipinski definition) is 2. The minimum Gasteiger partial charge on any atom is -0.356 e. The molecule has 0 aliphatic rings. The van der Waals surface area contributed by atoms with Gasteiger partial charge in [-0.15, -0.1) is 34.2 Å². The van der Waals surface area contributed by atoms with Crippen molar-refractivity contribution in [2.45, 2.75) is 39.8 Å². The number of halogens is 2. The molecule has 9 heteroatoms. The maximum absolute atomic E-state index is 13.7. The zero-order valence-corrected chi connectivity index (χ0v) is 17.1. The molecule has 138 valence electrons. The quantitative estimate of drug-likeness (QED) is 0.287. The van der Waals surface area contributed by atoms with Crippen LogP contribution >= 0.6 is 24.0 Å². The monoisotopic (exact) mass is 461 g/mol. The molecule has 0 aliphatic heterocycles. The number of nitrogens with one attached hydrogen (secondary N) is 2. The van der Waals surface area contributed by atoms with Gasteiger partial charge in [-0.3, -0.25) is 4.98 Å². The SMILES string of the molecule is CCCCNC(=NCc1ncccc1F)NCc1nnc(C)n1C.I. The number of unbranched alkanes of at least 4 members (excludes halogenated alkanes) is 1. The Labute approximate surface area is 164 Å². The lowest BCUT2D eigenvalue weighted by atomic mass is 10.3. The summed E-state index contributed by atoms with van der Waals surface area (Å²) in [5, 5.41) is 14.6. The average Bonchev–Trinajstić information content (AvgIpc) is 2.90. The Morgan fingerprint density at radius 1 is 1.32 bits per heavy atom. The zero-order valence-electron chi connectivity index (χ0n) is 14.8. The molecule has 0 radical (unpaired) electrons. The van der Waals surface area contributed by atoms with E-state index < -0.39 is 0 Å². The Morgan fingerprint density at radius 3 is 2.76 bits per heavy atom. The van der Waals surface area contributed by atoms with E-state index in [9.17, 15) is 4.39 Å². The molecular formula is C16H25FIN7. The summed E-state index contributed by atoms with van der Waals surface area (Å²) >= 11 is 0. The topological polar surface area (TPSA) is 80.0 Å². The first-order valence-electron chi connectivity index (χ1n) is 8.08. The van der Waals surface area contributed by atoms with Crippen molar-refractivity contribution in [2.24, 2.45) is 12.0 Å². The van der Waals surface area contributed by atoms with Crippen LogP contribution in [-0.2, 0) is 20.1 Å². The summed E-state index contributed by atoms with van der Waals surface area (Å²) in [6.07, 6.45) is 3.67. The third-order valence-corrected chi connectivity index (χ3v) is 3.64. The smallest absolute Gasteiger partial charge is 0.192 e. The van der Waals surface area contributed by atoms with Crippen molar-refractivity contribution in [3.8, 4) is 0 Å². The van der Waals surface area contributed by atoms with E-state index in [2.05, 4.69) is 37.7 Å². The summed E-state index contributed by atoms with van der Waals surface area (Å²) in [5.74, 6) is 1.91. The van der Waals surface area contributed by atoms with Crippen molar-refractivity contribution in [1.29, 1.82) is 0 Å². The number of aryl methyl sites for hydroxylation is 1. The molecule has 2 heterocycles. The fourth-order valence-corrected chi connectivity index (χ4v) is 2.01. The first kappa shape index (κ1) is 21.3. The van der Waals surface area contributed by atoms with Crippen LogP contribution in [0.3, 0.4) is 0 Å². The van der Waals surface area contributed by atoms with Gasteiger partial charge in [0.25, 0.3) is 0 Å². The van der Waals surface area contributed by atoms with Crippen LogP contribution in [0.2, 0.25) is 0 Å². The van der Waals surface area contributed by atoms with Gasteiger partial charge in [0.1, 0.15) is 11.6 Å². The van der Waals surface area contributed by atoms with Crippen LogP contribution in [0.15, 0.2) is 23.3 Å². The predicted octanol–water partition coefficient (Wildman–Crippen LogP) is 2.31. The standard InChI is InChI=1S/C16H24FN7.HI/c1-4-5-8-19-16(20-10-14-13(17)7-6-9-18-14)21-11-15-23-22-12(2)24(15)3;/h6-7,9H,4-5,8,10-11H2,1-3H3,(H2,19,20,21);1H. The molecule has 0 aliphatic carbocycles. The molecule has 0 amide bonds. The highest BCUT2D eigenvalue weighted by Gasteiger charge is 2.07. The van der Waals surface area contributed by atoms with Gasteiger partial charge in [-0.05, 0) is 25.5 Å². The van der Waals surface area contributed by atoms with E-state index in [1.165, 1.54) is 6.07 Å². The van der Waals surface area contributed by atoms with Crippen molar-refractivity contribution in [2.75, 3.05) is 6.54 Å². The van der Waals surface area contributed by atoms with Crippen molar-refractivity contribution >= 4 is 29.9 Å². The second-order valence-corrected chi connectivity index (χ2v) is 5.45. The van der Waals surface area contributed by atoms with Crippen LogP contribution in [0.5, 0.6) is 0 Å². The van der Waals surface area contributed by atoms with E-state index in [4.69, 9.17) is 0 Å². The van der Waals surface area contributed by atoms with Gasteiger partial charge >= 0.3 is 0 Å². The maximum atomic E-state index is 13.7. The molecule has 7 nitrogen and oxygen atoms in total. The molecule has 0 spiro atoms. The summed E-state index contributed by atoms with van der Waals surface area (Å²) in [4.78, 5) is 8.43. The first-order valence-corrected chi connectivity index (χ1v) is 8.08. The molecule has 0 fully saturated rings. The fourth-order valence-electron chi connectivity index (χ4n) is 2.01. The molecular weight excluding hydrogens is 436 g/mol. The second-order valence-electron chi connectivity index (χ2n) is 5.45. The summed E-state index contributed by atoms with van der Waals surface area (Å²) in [7, 11) is 1.91. The molecule has 0 unspecified atom stereocenters. The van der Waals surface area contributed by atoms with Gasteiger partial charge in [-0.1, -0.05) is 13.3 Å². The number of aromatic nitrogens is 4. The number of hydrogen-bond acceptors (Lipinski definition) is 4. The summed E-state index contributed by atoms with van der Waals surface area (Å²) in [5.41, 5.74) is 0.323. The molecule has 0 saturated heterocycles. The molecule has 0 bridgehead atoms. The van der Waals surface area contributed by atoms with E-state index in [1.807, 2.05) is 18.5 Å². The molecule has 2 N–H and O–H groups in total. The molecule has 25 heavy (non-hydrogen) atoms. The molecule has 0 saturated carbocycles. The number of rotatable bonds is 7. The third-order valence-electron chi connectivity index (χ3n) is 3.64. The second kappa shape index (κ2) is 11.0. The average molecular weight is 461 g/mol. The lowest BCUT2D eigenvalue weighted by Gasteiger charge is -2.12. The van der Waals surface area contributed by atoms with Crippen LogP contribution in [0, 0.1) is 12.7 Å². The first-order chi connectivity index (χ1) is 11.6. The lowest BCUT2D eigenvalue weighted by Crippen LogP contribution is -2.38. The van der Waals surface area contributed by atoms with Gasteiger partial charge in [0, 0.05) is 19.8 Å². The van der Waals surface area contributed by atoms with Gasteiger partial charge in [-0.2, -0.15) is 0 Å². The predicted molar refractivity (Wildman–Crippen MR) is 106 cm³/mol. The normalized spacial score (nSPS) is 11.1. The summed E-state index contributed by atoms with van der Waals surface area (Å²) in [6.45, 7) is 5.48. The molecule has 0 atom stereocenters. The molecule has 2 aromatic rings. The van der Waals surface area contributed by atoms with Gasteiger partial charge in [0.15, 0.2) is 11.8 Å². The van der Waals surface area contributed by atoms with E-state index in [1.54, 1.807) is 12.3 Å². The largest absolute Gasteiger partial charge is 0.356 e. The van der Waals surface area contributed by atoms with E-state index in [0.29, 0.717) is 18.2 Å². The van der Waals surface area contributed by atoms with Crippen LogP contribution < -0.4 is 10.6 Å². The number of aliphatic imine (C=N–C) groups is 1. The van der Waals surface area contributed by atoms with Crippen LogP contribution in [-0.4, -0.2) is 32.3 Å². The van der Waals surface area contributed by atoms with Gasteiger partial charge < -0.3 is 15.2 Å². The zero-order chi connectivity index (χ0) is 17.4. The van der Waals surface area contributed by atoms with E-state index in [0.717, 1.165) is 31.0 Å². The van der Waals surface area contributed by atoms with Gasteiger partial charge in [-0.25, -0.2) is 9.38 Å². The van der Waals surface area contributed by atoms with E-state index in [-0.39, 0.29) is 36.3 Å². The number of pyridine rings is 1. The van der Waals surface area contributed by atoms with Gasteiger partial charge in [0.05, 0.1) is 18.8 Å².